The number of carbonyl (C=O) groups excluding carboxylic acids is 2. The summed E-state index contributed by atoms with van der Waals surface area (Å²) in [6.07, 6.45) is 0. The lowest BCUT2D eigenvalue weighted by Crippen LogP contribution is -2.38. The predicted octanol–water partition coefficient (Wildman–Crippen LogP) is 1.49. The van der Waals surface area contributed by atoms with Crippen LogP contribution in [0.4, 0.5) is 14.5 Å². The van der Waals surface area contributed by atoms with Crippen molar-refractivity contribution in [2.75, 3.05) is 17.6 Å². The van der Waals surface area contributed by atoms with Gasteiger partial charge in [0.15, 0.2) is 21.5 Å². The van der Waals surface area contributed by atoms with Crippen molar-refractivity contribution >= 4 is 27.3 Å². The van der Waals surface area contributed by atoms with Crippen LogP contribution < -0.4 is 10.6 Å². The predicted molar refractivity (Wildman–Crippen MR) is 86.5 cm³/mol. The summed E-state index contributed by atoms with van der Waals surface area (Å²) < 4.78 is 50.5. The van der Waals surface area contributed by atoms with E-state index in [1.165, 1.54) is 18.2 Å². The van der Waals surface area contributed by atoms with Gasteiger partial charge in [-0.05, 0) is 24.3 Å². The Balaban J connectivity index is 1.90. The highest BCUT2D eigenvalue weighted by Gasteiger charge is 2.19. The third-order valence-electron chi connectivity index (χ3n) is 3.16. The van der Waals surface area contributed by atoms with Crippen LogP contribution in [0, 0.1) is 11.6 Å². The number of hydrogen-bond donors (Lipinski definition) is 2. The fraction of sp³-hybridized carbons (Fsp3) is 0.125. The third-order valence-corrected chi connectivity index (χ3v) is 4.90. The zero-order chi connectivity index (χ0) is 18.4. The number of nitrogens with one attached hydrogen (secondary N) is 2. The quantitative estimate of drug-likeness (QED) is 0.782. The Labute approximate surface area is 142 Å². The molecule has 0 aromatic heterocycles. The molecule has 0 unspecified atom stereocenters. The monoisotopic (exact) mass is 368 g/mol. The van der Waals surface area contributed by atoms with Crippen molar-refractivity contribution < 1.29 is 26.8 Å². The van der Waals surface area contributed by atoms with Crippen LogP contribution in [0.3, 0.4) is 0 Å². The second-order valence-corrected chi connectivity index (χ2v) is 7.05. The first-order valence-corrected chi connectivity index (χ1v) is 8.77. The van der Waals surface area contributed by atoms with Gasteiger partial charge in [-0.1, -0.05) is 24.3 Å². The zero-order valence-corrected chi connectivity index (χ0v) is 13.6. The van der Waals surface area contributed by atoms with Crippen LogP contribution in [0.15, 0.2) is 53.4 Å². The van der Waals surface area contributed by atoms with Gasteiger partial charge in [0.2, 0.25) is 0 Å². The average molecular weight is 368 g/mol. The summed E-state index contributed by atoms with van der Waals surface area (Å²) in [4.78, 5) is 23.4. The normalized spacial score (nSPS) is 11.0. The van der Waals surface area contributed by atoms with Gasteiger partial charge in [0, 0.05) is 6.54 Å². The summed E-state index contributed by atoms with van der Waals surface area (Å²) >= 11 is 0. The van der Waals surface area contributed by atoms with E-state index in [0.29, 0.717) is 0 Å². The van der Waals surface area contributed by atoms with Crippen LogP contribution in [0.5, 0.6) is 0 Å². The van der Waals surface area contributed by atoms with Crippen LogP contribution in [-0.2, 0) is 19.4 Å². The standard InChI is InChI=1S/C16H14F2N2O4S/c17-12-7-4-8-13(14(12)18)20-16(22)15(21)19-9-10-25(23,24)11-5-2-1-3-6-11/h1-8H,9-10H2,(H,19,21)(H,20,22). The topological polar surface area (TPSA) is 92.3 Å². The molecule has 0 aliphatic rings. The highest BCUT2D eigenvalue weighted by molar-refractivity contribution is 7.91. The number of halogens is 2. The lowest BCUT2D eigenvalue weighted by molar-refractivity contribution is -0.136. The molecule has 0 spiro atoms. The molecule has 0 aliphatic carbocycles. The third kappa shape index (κ3) is 4.83. The van der Waals surface area contributed by atoms with Crippen LogP contribution in [0.25, 0.3) is 0 Å². The van der Waals surface area contributed by atoms with Crippen molar-refractivity contribution in [3.05, 3.63) is 60.2 Å². The molecule has 0 saturated carbocycles. The number of sulfone groups is 1. The van der Waals surface area contributed by atoms with Crippen LogP contribution in [0.2, 0.25) is 0 Å². The Morgan fingerprint density at radius 3 is 2.28 bits per heavy atom. The largest absolute Gasteiger partial charge is 0.347 e. The molecule has 2 amide bonds. The summed E-state index contributed by atoms with van der Waals surface area (Å²) in [5.41, 5.74) is -0.489. The Morgan fingerprint density at radius 2 is 1.60 bits per heavy atom. The van der Waals surface area contributed by atoms with Crippen molar-refractivity contribution in [2.24, 2.45) is 0 Å². The summed E-state index contributed by atoms with van der Waals surface area (Å²) in [6.45, 7) is -0.310. The Hall–Kier alpha value is -2.81. The van der Waals surface area contributed by atoms with Gasteiger partial charge in [-0.2, -0.15) is 0 Å². The minimum Gasteiger partial charge on any atom is -0.347 e. The summed E-state index contributed by atoms with van der Waals surface area (Å²) in [5.74, 6) is -5.28. The summed E-state index contributed by atoms with van der Waals surface area (Å²) in [6, 6.07) is 10.7. The zero-order valence-electron chi connectivity index (χ0n) is 12.8. The van der Waals surface area contributed by atoms with E-state index in [1.54, 1.807) is 18.2 Å². The average Bonchev–Trinajstić information content (AvgIpc) is 2.59. The van der Waals surface area contributed by atoms with Crippen LogP contribution >= 0.6 is 0 Å². The van der Waals surface area contributed by atoms with Gasteiger partial charge in [-0.3, -0.25) is 9.59 Å². The molecule has 2 aromatic rings. The van der Waals surface area contributed by atoms with Gasteiger partial charge < -0.3 is 10.6 Å². The maximum absolute atomic E-state index is 13.4. The Kier molecular flexibility index (Phi) is 5.81. The minimum atomic E-state index is -3.61. The molecule has 132 valence electrons. The first kappa shape index (κ1) is 18.5. The summed E-state index contributed by atoms with van der Waals surface area (Å²) in [7, 11) is -3.61. The van der Waals surface area contributed by atoms with Crippen molar-refractivity contribution in [3.63, 3.8) is 0 Å². The smallest absolute Gasteiger partial charge is 0.313 e. The van der Waals surface area contributed by atoms with Gasteiger partial charge in [0.1, 0.15) is 0 Å². The second-order valence-electron chi connectivity index (χ2n) is 4.94. The molecular weight excluding hydrogens is 354 g/mol. The van der Waals surface area contributed by atoms with E-state index in [-0.39, 0.29) is 11.4 Å². The molecular formula is C16H14F2N2O4S. The van der Waals surface area contributed by atoms with E-state index in [4.69, 9.17) is 0 Å². The number of amides is 2. The van der Waals surface area contributed by atoms with E-state index >= 15 is 0 Å². The van der Waals surface area contributed by atoms with E-state index in [1.807, 2.05) is 5.32 Å². The molecule has 0 saturated heterocycles. The highest BCUT2D eigenvalue weighted by Crippen LogP contribution is 2.16. The van der Waals surface area contributed by atoms with Gasteiger partial charge in [-0.25, -0.2) is 17.2 Å². The highest BCUT2D eigenvalue weighted by atomic mass is 32.2. The van der Waals surface area contributed by atoms with Crippen LogP contribution in [0.1, 0.15) is 0 Å². The molecule has 0 fully saturated rings. The Morgan fingerprint density at radius 1 is 0.920 bits per heavy atom. The molecule has 25 heavy (non-hydrogen) atoms. The molecule has 6 nitrogen and oxygen atoms in total. The molecule has 0 heterocycles. The second kappa shape index (κ2) is 7.84. The first-order valence-electron chi connectivity index (χ1n) is 7.12. The summed E-state index contributed by atoms with van der Waals surface area (Å²) in [5, 5.41) is 4.03. The lowest BCUT2D eigenvalue weighted by Gasteiger charge is -2.08. The number of rotatable bonds is 5. The van der Waals surface area contributed by atoms with Crippen molar-refractivity contribution in [2.45, 2.75) is 4.90 Å². The molecule has 0 aliphatic heterocycles. The first-order chi connectivity index (χ1) is 11.8. The molecule has 0 bridgehead atoms. The molecule has 0 radical (unpaired) electrons. The molecule has 2 N–H and O–H groups in total. The Bertz CT molecular complexity index is 886. The minimum absolute atomic E-state index is 0.0931. The maximum atomic E-state index is 13.4. The molecule has 0 atom stereocenters. The number of carbonyl (C=O) groups is 2. The van der Waals surface area contributed by atoms with E-state index in [9.17, 15) is 26.8 Å². The van der Waals surface area contributed by atoms with Crippen molar-refractivity contribution in [3.8, 4) is 0 Å². The molecule has 9 heteroatoms. The number of anilines is 1. The van der Waals surface area contributed by atoms with E-state index in [0.717, 1.165) is 12.1 Å². The fourth-order valence-electron chi connectivity index (χ4n) is 1.90. The van der Waals surface area contributed by atoms with Gasteiger partial charge >= 0.3 is 11.8 Å². The van der Waals surface area contributed by atoms with Gasteiger partial charge in [0.25, 0.3) is 0 Å². The lowest BCUT2D eigenvalue weighted by atomic mass is 10.3. The molecule has 2 rings (SSSR count). The van der Waals surface area contributed by atoms with E-state index in [2.05, 4.69) is 5.32 Å². The maximum Gasteiger partial charge on any atom is 0.313 e. The SMILES string of the molecule is O=C(NCCS(=O)(=O)c1ccccc1)C(=O)Nc1cccc(F)c1F. The van der Waals surface area contributed by atoms with E-state index < -0.39 is 44.7 Å². The molecule has 2 aromatic carbocycles. The van der Waals surface area contributed by atoms with Crippen molar-refractivity contribution in [1.29, 1.82) is 0 Å². The number of benzene rings is 2. The van der Waals surface area contributed by atoms with Gasteiger partial charge in [-0.15, -0.1) is 0 Å². The van der Waals surface area contributed by atoms with Crippen LogP contribution in [-0.4, -0.2) is 32.5 Å². The van der Waals surface area contributed by atoms with Gasteiger partial charge in [0.05, 0.1) is 16.3 Å². The fourth-order valence-corrected chi connectivity index (χ4v) is 3.08. The van der Waals surface area contributed by atoms with Crippen molar-refractivity contribution in [1.82, 2.24) is 5.32 Å². The number of hydrogen-bond acceptors (Lipinski definition) is 4.